The summed E-state index contributed by atoms with van der Waals surface area (Å²) in [6.07, 6.45) is 2.40. The minimum Gasteiger partial charge on any atom is -0.468 e. The summed E-state index contributed by atoms with van der Waals surface area (Å²) in [7, 11) is 0. The molecule has 4 nitrogen and oxygen atoms in total. The number of nitrogens with zero attached hydrogens (tertiary/aromatic N) is 1. The summed E-state index contributed by atoms with van der Waals surface area (Å²) in [4.78, 5) is 23.9. The molecule has 0 radical (unpaired) electrons. The van der Waals surface area contributed by atoms with Crippen molar-refractivity contribution in [3.05, 3.63) is 24.2 Å². The minimum atomic E-state index is -0.0383. The molecule has 86 valence electrons. The standard InChI is InChI=1S/C11H13NO3S/c13-10-3-4-11(14)12(10)5-7-16-8-9-2-1-6-15-9/h1-2,6H,3-5,7-8H2. The zero-order chi connectivity index (χ0) is 11.4. The summed E-state index contributed by atoms with van der Waals surface area (Å²) in [5, 5.41) is 0. The molecule has 1 aromatic heterocycles. The molecule has 0 atom stereocenters. The molecule has 2 heterocycles. The van der Waals surface area contributed by atoms with Gasteiger partial charge in [0.15, 0.2) is 0 Å². The van der Waals surface area contributed by atoms with Crippen molar-refractivity contribution in [1.82, 2.24) is 4.90 Å². The summed E-state index contributed by atoms with van der Waals surface area (Å²) in [6.45, 7) is 0.517. The fraction of sp³-hybridized carbons (Fsp3) is 0.455. The summed E-state index contributed by atoms with van der Waals surface area (Å²) in [5.74, 6) is 2.39. The molecule has 2 amide bonds. The van der Waals surface area contributed by atoms with Crippen molar-refractivity contribution >= 4 is 23.6 Å². The van der Waals surface area contributed by atoms with Crippen molar-refractivity contribution in [2.75, 3.05) is 12.3 Å². The van der Waals surface area contributed by atoms with Crippen LogP contribution in [-0.4, -0.2) is 29.0 Å². The van der Waals surface area contributed by atoms with Crippen LogP contribution in [0.2, 0.25) is 0 Å². The number of amides is 2. The first-order valence-electron chi connectivity index (χ1n) is 5.20. The Morgan fingerprint density at radius 1 is 1.31 bits per heavy atom. The van der Waals surface area contributed by atoms with Gasteiger partial charge >= 0.3 is 0 Å². The predicted molar refractivity (Wildman–Crippen MR) is 60.8 cm³/mol. The molecule has 1 aliphatic rings. The molecule has 0 aliphatic carbocycles. The SMILES string of the molecule is O=C1CCC(=O)N1CCSCc1ccco1. The number of carbonyl (C=O) groups is 2. The second-order valence-corrected chi connectivity index (χ2v) is 4.68. The van der Waals surface area contributed by atoms with Gasteiger partial charge in [-0.2, -0.15) is 11.8 Å². The predicted octanol–water partition coefficient (Wildman–Crippen LogP) is 1.66. The largest absolute Gasteiger partial charge is 0.468 e. The van der Waals surface area contributed by atoms with Gasteiger partial charge in [-0.15, -0.1) is 0 Å². The minimum absolute atomic E-state index is 0.0383. The van der Waals surface area contributed by atoms with Gasteiger partial charge < -0.3 is 4.42 Å². The Labute approximate surface area is 98.0 Å². The fourth-order valence-electron chi connectivity index (χ4n) is 1.60. The van der Waals surface area contributed by atoms with E-state index in [1.165, 1.54) is 4.90 Å². The smallest absolute Gasteiger partial charge is 0.229 e. The molecule has 1 aliphatic heterocycles. The quantitative estimate of drug-likeness (QED) is 0.579. The molecule has 0 unspecified atom stereocenters. The third-order valence-corrected chi connectivity index (χ3v) is 3.40. The zero-order valence-electron chi connectivity index (χ0n) is 8.85. The summed E-state index contributed by atoms with van der Waals surface area (Å²) < 4.78 is 5.18. The molecule has 5 heteroatoms. The molecule has 0 saturated carbocycles. The highest BCUT2D eigenvalue weighted by atomic mass is 32.2. The van der Waals surface area contributed by atoms with Gasteiger partial charge in [0.25, 0.3) is 0 Å². The molecule has 2 rings (SSSR count). The molecule has 0 spiro atoms. The Balaban J connectivity index is 1.68. The van der Waals surface area contributed by atoms with Gasteiger partial charge in [-0.25, -0.2) is 0 Å². The van der Waals surface area contributed by atoms with E-state index in [9.17, 15) is 9.59 Å². The molecular formula is C11H13NO3S. The number of thioether (sulfide) groups is 1. The maximum atomic E-state index is 11.3. The lowest BCUT2D eigenvalue weighted by Gasteiger charge is -2.12. The lowest BCUT2D eigenvalue weighted by molar-refractivity contribution is -0.137. The van der Waals surface area contributed by atoms with E-state index in [1.54, 1.807) is 18.0 Å². The van der Waals surface area contributed by atoms with Gasteiger partial charge in [0, 0.05) is 25.1 Å². The Morgan fingerprint density at radius 3 is 2.69 bits per heavy atom. The fourth-order valence-corrected chi connectivity index (χ4v) is 2.42. The van der Waals surface area contributed by atoms with Gasteiger partial charge in [-0.1, -0.05) is 0 Å². The molecule has 1 fully saturated rings. The van der Waals surface area contributed by atoms with Crippen molar-refractivity contribution in [3.63, 3.8) is 0 Å². The van der Waals surface area contributed by atoms with Gasteiger partial charge in [0.2, 0.25) is 11.8 Å². The first-order chi connectivity index (χ1) is 7.77. The average molecular weight is 239 g/mol. The summed E-state index contributed by atoms with van der Waals surface area (Å²) in [6, 6.07) is 3.77. The molecule has 1 saturated heterocycles. The van der Waals surface area contributed by atoms with Crippen LogP contribution in [0.25, 0.3) is 0 Å². The molecule has 0 bridgehead atoms. The molecular weight excluding hydrogens is 226 g/mol. The summed E-state index contributed by atoms with van der Waals surface area (Å²) in [5.41, 5.74) is 0. The molecule has 16 heavy (non-hydrogen) atoms. The zero-order valence-corrected chi connectivity index (χ0v) is 9.66. The van der Waals surface area contributed by atoms with E-state index in [1.807, 2.05) is 12.1 Å². The van der Waals surface area contributed by atoms with Crippen LogP contribution >= 0.6 is 11.8 Å². The number of hydrogen-bond acceptors (Lipinski definition) is 4. The monoisotopic (exact) mass is 239 g/mol. The second kappa shape index (κ2) is 5.21. The van der Waals surface area contributed by atoms with Crippen molar-refractivity contribution < 1.29 is 14.0 Å². The number of furan rings is 1. The van der Waals surface area contributed by atoms with Crippen LogP contribution in [0, 0.1) is 0 Å². The number of likely N-dealkylation sites (tertiary alicyclic amines) is 1. The third-order valence-electron chi connectivity index (χ3n) is 2.44. The van der Waals surface area contributed by atoms with E-state index in [0.29, 0.717) is 19.4 Å². The van der Waals surface area contributed by atoms with Crippen LogP contribution in [0.5, 0.6) is 0 Å². The van der Waals surface area contributed by atoms with Crippen LogP contribution < -0.4 is 0 Å². The van der Waals surface area contributed by atoms with E-state index in [4.69, 9.17) is 4.42 Å². The van der Waals surface area contributed by atoms with E-state index in [0.717, 1.165) is 17.3 Å². The van der Waals surface area contributed by atoms with Gasteiger partial charge in [0.05, 0.1) is 12.0 Å². The van der Waals surface area contributed by atoms with Crippen molar-refractivity contribution in [3.8, 4) is 0 Å². The van der Waals surface area contributed by atoms with E-state index >= 15 is 0 Å². The van der Waals surface area contributed by atoms with Crippen LogP contribution in [0.1, 0.15) is 18.6 Å². The van der Waals surface area contributed by atoms with E-state index < -0.39 is 0 Å². The van der Waals surface area contributed by atoms with Crippen LogP contribution in [0.4, 0.5) is 0 Å². The highest BCUT2D eigenvalue weighted by molar-refractivity contribution is 7.98. The van der Waals surface area contributed by atoms with Crippen LogP contribution in [0.3, 0.4) is 0 Å². The number of rotatable bonds is 5. The molecule has 0 aromatic carbocycles. The molecule has 1 aromatic rings. The first-order valence-corrected chi connectivity index (χ1v) is 6.36. The van der Waals surface area contributed by atoms with Crippen molar-refractivity contribution in [2.24, 2.45) is 0 Å². The highest BCUT2D eigenvalue weighted by Gasteiger charge is 2.27. The lowest BCUT2D eigenvalue weighted by atomic mass is 10.4. The number of carbonyl (C=O) groups excluding carboxylic acids is 2. The van der Waals surface area contributed by atoms with E-state index in [-0.39, 0.29) is 11.8 Å². The summed E-state index contributed by atoms with van der Waals surface area (Å²) >= 11 is 1.66. The Morgan fingerprint density at radius 2 is 2.06 bits per heavy atom. The van der Waals surface area contributed by atoms with Crippen molar-refractivity contribution in [1.29, 1.82) is 0 Å². The number of hydrogen-bond donors (Lipinski definition) is 0. The van der Waals surface area contributed by atoms with Crippen LogP contribution in [0.15, 0.2) is 22.8 Å². The topological polar surface area (TPSA) is 50.5 Å². The average Bonchev–Trinajstić information content (AvgIpc) is 2.87. The lowest BCUT2D eigenvalue weighted by Crippen LogP contribution is -2.31. The number of imide groups is 1. The van der Waals surface area contributed by atoms with Crippen LogP contribution in [-0.2, 0) is 15.3 Å². The Hall–Kier alpha value is -1.23. The van der Waals surface area contributed by atoms with Gasteiger partial charge in [0.1, 0.15) is 5.76 Å². The normalized spacial score (nSPS) is 16.1. The maximum absolute atomic E-state index is 11.3. The highest BCUT2D eigenvalue weighted by Crippen LogP contribution is 2.15. The third kappa shape index (κ3) is 2.66. The second-order valence-electron chi connectivity index (χ2n) is 3.57. The first kappa shape index (κ1) is 11.3. The van der Waals surface area contributed by atoms with Crippen molar-refractivity contribution in [2.45, 2.75) is 18.6 Å². The maximum Gasteiger partial charge on any atom is 0.229 e. The Kier molecular flexibility index (Phi) is 3.66. The van der Waals surface area contributed by atoms with E-state index in [2.05, 4.69) is 0 Å². The Bertz CT molecular complexity index is 359. The van der Waals surface area contributed by atoms with Gasteiger partial charge in [-0.3, -0.25) is 14.5 Å². The molecule has 0 N–H and O–H groups in total. The van der Waals surface area contributed by atoms with Gasteiger partial charge in [-0.05, 0) is 12.1 Å².